The highest BCUT2D eigenvalue weighted by atomic mass is 79.9. The molecule has 5 heteroatoms. The summed E-state index contributed by atoms with van der Waals surface area (Å²) < 4.78 is 0.669. The van der Waals surface area contributed by atoms with Gasteiger partial charge in [-0.25, -0.2) is 0 Å². The molecule has 2 amide bonds. The zero-order valence-corrected chi connectivity index (χ0v) is 13.1. The van der Waals surface area contributed by atoms with Crippen molar-refractivity contribution in [3.8, 4) is 0 Å². The van der Waals surface area contributed by atoms with Gasteiger partial charge in [0, 0.05) is 22.9 Å². The number of benzene rings is 1. The van der Waals surface area contributed by atoms with Crippen molar-refractivity contribution in [2.75, 3.05) is 6.54 Å². The lowest BCUT2D eigenvalue weighted by Gasteiger charge is -2.34. The van der Waals surface area contributed by atoms with Crippen molar-refractivity contribution < 1.29 is 14.4 Å². The van der Waals surface area contributed by atoms with Gasteiger partial charge in [0.15, 0.2) is 5.78 Å². The van der Waals surface area contributed by atoms with Gasteiger partial charge in [-0.15, -0.1) is 0 Å². The number of hydrogen-bond acceptors (Lipinski definition) is 3. The number of piperidine rings is 1. The van der Waals surface area contributed by atoms with Crippen LogP contribution in [0.5, 0.6) is 0 Å². The molecule has 4 nitrogen and oxygen atoms in total. The minimum atomic E-state index is -0.318. The molecule has 0 bridgehead atoms. The van der Waals surface area contributed by atoms with Gasteiger partial charge in [-0.05, 0) is 11.5 Å². The van der Waals surface area contributed by atoms with Crippen LogP contribution >= 0.6 is 15.9 Å². The summed E-state index contributed by atoms with van der Waals surface area (Å²) in [7, 11) is 0. The summed E-state index contributed by atoms with van der Waals surface area (Å²) in [6.45, 7) is 3.59. The molecular weight excluding hydrogens is 322 g/mol. The average Bonchev–Trinajstić information content (AvgIpc) is 2.33. The Labute approximate surface area is 126 Å². The van der Waals surface area contributed by atoms with Crippen molar-refractivity contribution >= 4 is 33.5 Å². The van der Waals surface area contributed by atoms with Gasteiger partial charge in [-0.3, -0.25) is 19.3 Å². The van der Waals surface area contributed by atoms with Crippen LogP contribution in [-0.2, 0) is 9.59 Å². The molecule has 0 radical (unpaired) electrons. The zero-order chi connectivity index (χ0) is 14.9. The van der Waals surface area contributed by atoms with Crippen molar-refractivity contribution in [2.45, 2.75) is 26.7 Å². The standard InChI is InChI=1S/C15H16BrNO3/c1-15(2)7-13(19)17(14(20)8-15)9-12(18)10-5-3-4-6-11(10)16/h3-6H,7-9H2,1-2H3. The highest BCUT2D eigenvalue weighted by Gasteiger charge is 2.38. The molecular formula is C15H16BrNO3. The predicted octanol–water partition coefficient (Wildman–Crippen LogP) is 2.81. The van der Waals surface area contributed by atoms with E-state index < -0.39 is 0 Å². The lowest BCUT2D eigenvalue weighted by molar-refractivity contribution is -0.151. The van der Waals surface area contributed by atoms with Gasteiger partial charge < -0.3 is 0 Å². The van der Waals surface area contributed by atoms with Crippen LogP contribution in [0.1, 0.15) is 37.0 Å². The van der Waals surface area contributed by atoms with Crippen LogP contribution in [0.15, 0.2) is 28.7 Å². The lowest BCUT2D eigenvalue weighted by Crippen LogP contribution is -2.48. The van der Waals surface area contributed by atoms with Crippen LogP contribution in [0.3, 0.4) is 0 Å². The fourth-order valence-corrected chi connectivity index (χ4v) is 2.81. The molecule has 20 heavy (non-hydrogen) atoms. The topological polar surface area (TPSA) is 54.5 Å². The summed E-state index contributed by atoms with van der Waals surface area (Å²) in [6, 6.07) is 6.99. The first-order chi connectivity index (χ1) is 9.30. The number of Topliss-reactive ketones (excluding diaryl/α,β-unsaturated/α-hetero) is 1. The quantitative estimate of drug-likeness (QED) is 0.629. The third kappa shape index (κ3) is 3.15. The third-order valence-electron chi connectivity index (χ3n) is 3.34. The summed E-state index contributed by atoms with van der Waals surface area (Å²) in [5, 5.41) is 0. The van der Waals surface area contributed by atoms with Gasteiger partial charge in [-0.1, -0.05) is 48.0 Å². The van der Waals surface area contributed by atoms with Crippen LogP contribution < -0.4 is 0 Å². The number of ketones is 1. The first-order valence-corrected chi connectivity index (χ1v) is 7.20. The van der Waals surface area contributed by atoms with Gasteiger partial charge >= 0.3 is 0 Å². The van der Waals surface area contributed by atoms with Crippen LogP contribution in [0, 0.1) is 5.41 Å². The van der Waals surface area contributed by atoms with Crippen molar-refractivity contribution in [1.29, 1.82) is 0 Å². The van der Waals surface area contributed by atoms with Crippen molar-refractivity contribution in [3.63, 3.8) is 0 Å². The molecule has 0 saturated carbocycles. The fraction of sp³-hybridized carbons (Fsp3) is 0.400. The van der Waals surface area contributed by atoms with Crippen molar-refractivity contribution in [3.05, 3.63) is 34.3 Å². The molecule has 1 aliphatic heterocycles. The molecule has 1 aliphatic rings. The third-order valence-corrected chi connectivity index (χ3v) is 4.03. The molecule has 1 saturated heterocycles. The summed E-state index contributed by atoms with van der Waals surface area (Å²) >= 11 is 3.30. The fourth-order valence-electron chi connectivity index (χ4n) is 2.30. The smallest absolute Gasteiger partial charge is 0.230 e. The molecule has 1 aromatic carbocycles. The van der Waals surface area contributed by atoms with E-state index in [0.717, 1.165) is 4.90 Å². The molecule has 0 atom stereocenters. The van der Waals surface area contributed by atoms with E-state index >= 15 is 0 Å². The number of likely N-dealkylation sites (tertiary alicyclic amines) is 1. The average molecular weight is 338 g/mol. The van der Waals surface area contributed by atoms with E-state index in [-0.39, 0.29) is 29.6 Å². The van der Waals surface area contributed by atoms with E-state index in [1.165, 1.54) is 0 Å². The second kappa shape index (κ2) is 5.48. The zero-order valence-electron chi connectivity index (χ0n) is 11.5. The van der Waals surface area contributed by atoms with Gasteiger partial charge in [0.05, 0.1) is 6.54 Å². The van der Waals surface area contributed by atoms with E-state index in [9.17, 15) is 14.4 Å². The molecule has 0 aliphatic carbocycles. The van der Waals surface area contributed by atoms with Crippen LogP contribution in [0.25, 0.3) is 0 Å². The number of nitrogens with zero attached hydrogens (tertiary/aromatic N) is 1. The Hall–Kier alpha value is -1.49. The lowest BCUT2D eigenvalue weighted by atomic mass is 9.81. The van der Waals surface area contributed by atoms with Crippen LogP contribution in [0.4, 0.5) is 0 Å². The predicted molar refractivity (Wildman–Crippen MR) is 78.2 cm³/mol. The van der Waals surface area contributed by atoms with Crippen molar-refractivity contribution in [2.24, 2.45) is 5.41 Å². The SMILES string of the molecule is CC1(C)CC(=O)N(CC(=O)c2ccccc2Br)C(=O)C1. The second-order valence-electron chi connectivity index (χ2n) is 5.79. The number of amides is 2. The van der Waals surface area contributed by atoms with Gasteiger partial charge in [-0.2, -0.15) is 0 Å². The first-order valence-electron chi connectivity index (χ1n) is 6.41. The molecule has 0 aromatic heterocycles. The number of hydrogen-bond donors (Lipinski definition) is 0. The maximum atomic E-state index is 12.2. The largest absolute Gasteiger partial charge is 0.292 e. The number of carbonyl (C=O) groups excluding carboxylic acids is 3. The Morgan fingerprint density at radius 1 is 1.20 bits per heavy atom. The minimum Gasteiger partial charge on any atom is -0.292 e. The molecule has 0 spiro atoms. The molecule has 0 N–H and O–H groups in total. The van der Waals surface area contributed by atoms with Crippen LogP contribution in [-0.4, -0.2) is 29.0 Å². The van der Waals surface area contributed by atoms with Gasteiger partial charge in [0.1, 0.15) is 0 Å². The molecule has 2 rings (SSSR count). The number of imide groups is 1. The maximum absolute atomic E-state index is 12.2. The normalized spacial score (nSPS) is 18.2. The maximum Gasteiger partial charge on any atom is 0.230 e. The molecule has 1 aromatic rings. The second-order valence-corrected chi connectivity index (χ2v) is 6.65. The summed E-state index contributed by atoms with van der Waals surface area (Å²) in [6.07, 6.45) is 0.587. The summed E-state index contributed by atoms with van der Waals surface area (Å²) in [5.74, 6) is -0.780. The van der Waals surface area contributed by atoms with Gasteiger partial charge in [0.2, 0.25) is 11.8 Å². The van der Waals surface area contributed by atoms with Crippen LogP contribution in [0.2, 0.25) is 0 Å². The van der Waals surface area contributed by atoms with E-state index in [2.05, 4.69) is 15.9 Å². The Balaban J connectivity index is 2.14. The van der Waals surface area contributed by atoms with E-state index in [1.54, 1.807) is 24.3 Å². The minimum absolute atomic E-state index is 0.184. The summed E-state index contributed by atoms with van der Waals surface area (Å²) in [4.78, 5) is 37.3. The highest BCUT2D eigenvalue weighted by molar-refractivity contribution is 9.10. The van der Waals surface area contributed by atoms with Crippen molar-refractivity contribution in [1.82, 2.24) is 4.90 Å². The Morgan fingerprint density at radius 2 is 1.75 bits per heavy atom. The number of carbonyl (C=O) groups is 3. The monoisotopic (exact) mass is 337 g/mol. The Morgan fingerprint density at radius 3 is 2.30 bits per heavy atom. The van der Waals surface area contributed by atoms with E-state index in [1.807, 2.05) is 13.8 Å². The molecule has 106 valence electrons. The molecule has 1 heterocycles. The highest BCUT2D eigenvalue weighted by Crippen LogP contribution is 2.31. The Bertz CT molecular complexity index is 560. The first kappa shape index (κ1) is 14.9. The molecule has 0 unspecified atom stereocenters. The number of halogens is 1. The number of rotatable bonds is 3. The molecule has 1 fully saturated rings. The van der Waals surface area contributed by atoms with E-state index in [0.29, 0.717) is 22.9 Å². The Kier molecular flexibility index (Phi) is 4.09. The van der Waals surface area contributed by atoms with Gasteiger partial charge in [0.25, 0.3) is 0 Å². The summed E-state index contributed by atoms with van der Waals surface area (Å²) in [5.41, 5.74) is 0.166. The van der Waals surface area contributed by atoms with E-state index in [4.69, 9.17) is 0 Å².